The third kappa shape index (κ3) is 7.42. The largest absolute Gasteiger partial charge is 0.492 e. The van der Waals surface area contributed by atoms with Gasteiger partial charge in [0.15, 0.2) is 6.61 Å². The number of para-hydroxylation sites is 3. The summed E-state index contributed by atoms with van der Waals surface area (Å²) < 4.78 is 11.1. The Labute approximate surface area is 209 Å². The van der Waals surface area contributed by atoms with Crippen LogP contribution in [0, 0.1) is 13.8 Å². The maximum atomic E-state index is 12.3. The summed E-state index contributed by atoms with van der Waals surface area (Å²) in [4.78, 5) is 36.7. The first-order valence-electron chi connectivity index (χ1n) is 11.3. The first kappa shape index (κ1) is 26.0. The molecule has 0 radical (unpaired) electrons. The highest BCUT2D eigenvalue weighted by Crippen LogP contribution is 2.23. The zero-order chi connectivity index (χ0) is 25.9. The highest BCUT2D eigenvalue weighted by molar-refractivity contribution is 6.39. The minimum absolute atomic E-state index is 0.216. The quantitative estimate of drug-likeness (QED) is 0.241. The van der Waals surface area contributed by atoms with Crippen LogP contribution in [0.1, 0.15) is 23.6 Å². The molecular weight excluding hydrogens is 460 g/mol. The van der Waals surface area contributed by atoms with Crippen LogP contribution < -0.4 is 25.5 Å². The average molecular weight is 489 g/mol. The Hall–Kier alpha value is -4.66. The van der Waals surface area contributed by atoms with E-state index in [9.17, 15) is 14.4 Å². The van der Waals surface area contributed by atoms with Crippen molar-refractivity contribution in [2.24, 2.45) is 5.10 Å². The molecule has 36 heavy (non-hydrogen) atoms. The Morgan fingerprint density at radius 2 is 1.56 bits per heavy atom. The van der Waals surface area contributed by atoms with Crippen LogP contribution in [0.4, 0.5) is 11.4 Å². The summed E-state index contributed by atoms with van der Waals surface area (Å²) >= 11 is 0. The number of amides is 3. The number of hydrazone groups is 1. The number of aryl methyl sites for hydroxylation is 2. The van der Waals surface area contributed by atoms with E-state index >= 15 is 0 Å². The highest BCUT2D eigenvalue weighted by Gasteiger charge is 2.15. The van der Waals surface area contributed by atoms with E-state index in [1.54, 1.807) is 48.5 Å². The van der Waals surface area contributed by atoms with Crippen LogP contribution in [0.5, 0.6) is 11.5 Å². The van der Waals surface area contributed by atoms with Gasteiger partial charge < -0.3 is 20.1 Å². The SMILES string of the molecule is CCOc1ccccc1NC(=O)C(=O)N/N=C\c1ccccc1OCC(=O)Nc1ccc(C)cc1C. The van der Waals surface area contributed by atoms with Gasteiger partial charge in [-0.05, 0) is 56.7 Å². The molecule has 186 valence electrons. The van der Waals surface area contributed by atoms with Gasteiger partial charge in [-0.25, -0.2) is 5.43 Å². The molecule has 0 heterocycles. The van der Waals surface area contributed by atoms with Crippen molar-refractivity contribution >= 4 is 35.3 Å². The second kappa shape index (κ2) is 12.7. The lowest BCUT2D eigenvalue weighted by Gasteiger charge is -2.11. The molecule has 3 aromatic rings. The van der Waals surface area contributed by atoms with Crippen LogP contribution in [-0.2, 0) is 14.4 Å². The lowest BCUT2D eigenvalue weighted by Crippen LogP contribution is -2.32. The molecule has 3 rings (SSSR count). The number of ether oxygens (including phenoxy) is 2. The maximum absolute atomic E-state index is 12.3. The monoisotopic (exact) mass is 488 g/mol. The van der Waals surface area contributed by atoms with Gasteiger partial charge in [-0.3, -0.25) is 14.4 Å². The molecule has 3 aromatic carbocycles. The minimum atomic E-state index is -0.955. The number of rotatable bonds is 9. The van der Waals surface area contributed by atoms with Crippen LogP contribution in [-0.4, -0.2) is 37.1 Å². The first-order chi connectivity index (χ1) is 17.4. The molecule has 3 N–H and O–H groups in total. The third-order valence-corrected chi connectivity index (χ3v) is 4.94. The molecule has 0 unspecified atom stereocenters. The summed E-state index contributed by atoms with van der Waals surface area (Å²) in [6, 6.07) is 19.4. The van der Waals surface area contributed by atoms with E-state index in [4.69, 9.17) is 9.47 Å². The summed E-state index contributed by atoms with van der Waals surface area (Å²) in [7, 11) is 0. The van der Waals surface area contributed by atoms with Gasteiger partial charge in [0.25, 0.3) is 5.91 Å². The third-order valence-electron chi connectivity index (χ3n) is 4.94. The summed E-state index contributed by atoms with van der Waals surface area (Å²) in [6.07, 6.45) is 1.33. The Kier molecular flexibility index (Phi) is 9.16. The summed E-state index contributed by atoms with van der Waals surface area (Å²) in [5.74, 6) is -1.32. The number of hydrogen-bond acceptors (Lipinski definition) is 6. The van der Waals surface area contributed by atoms with Crippen LogP contribution in [0.3, 0.4) is 0 Å². The van der Waals surface area contributed by atoms with Gasteiger partial charge in [-0.1, -0.05) is 42.0 Å². The Morgan fingerprint density at radius 3 is 2.31 bits per heavy atom. The Bertz CT molecular complexity index is 1270. The van der Waals surface area contributed by atoms with Crippen LogP contribution in [0.2, 0.25) is 0 Å². The van der Waals surface area contributed by atoms with Gasteiger partial charge in [-0.2, -0.15) is 5.10 Å². The number of anilines is 2. The van der Waals surface area contributed by atoms with Gasteiger partial charge >= 0.3 is 11.8 Å². The smallest absolute Gasteiger partial charge is 0.329 e. The minimum Gasteiger partial charge on any atom is -0.492 e. The van der Waals surface area contributed by atoms with Gasteiger partial charge in [0.1, 0.15) is 11.5 Å². The fourth-order valence-electron chi connectivity index (χ4n) is 3.24. The fourth-order valence-corrected chi connectivity index (χ4v) is 3.24. The maximum Gasteiger partial charge on any atom is 0.329 e. The Morgan fingerprint density at radius 1 is 0.833 bits per heavy atom. The number of carbonyl (C=O) groups excluding carboxylic acids is 3. The van der Waals surface area contributed by atoms with E-state index in [-0.39, 0.29) is 12.5 Å². The summed E-state index contributed by atoms with van der Waals surface area (Å²) in [5, 5.41) is 9.16. The molecule has 0 atom stereocenters. The predicted molar refractivity (Wildman–Crippen MR) is 138 cm³/mol. The Balaban J connectivity index is 1.55. The number of hydrogen-bond donors (Lipinski definition) is 3. The molecule has 0 fully saturated rings. The molecule has 3 amide bonds. The van der Waals surface area contributed by atoms with E-state index in [0.717, 1.165) is 11.1 Å². The van der Waals surface area contributed by atoms with E-state index in [1.807, 2.05) is 39.0 Å². The van der Waals surface area contributed by atoms with Crippen molar-refractivity contribution in [1.82, 2.24) is 5.43 Å². The fraction of sp³-hybridized carbons (Fsp3) is 0.185. The van der Waals surface area contributed by atoms with E-state index in [1.165, 1.54) is 6.21 Å². The van der Waals surface area contributed by atoms with Crippen molar-refractivity contribution in [1.29, 1.82) is 0 Å². The van der Waals surface area contributed by atoms with Crippen molar-refractivity contribution in [3.63, 3.8) is 0 Å². The van der Waals surface area contributed by atoms with Crippen LogP contribution >= 0.6 is 0 Å². The van der Waals surface area contributed by atoms with E-state index in [0.29, 0.717) is 35.0 Å². The van der Waals surface area contributed by atoms with Crippen molar-refractivity contribution < 1.29 is 23.9 Å². The number of nitrogens with zero attached hydrogens (tertiary/aromatic N) is 1. The molecule has 0 spiro atoms. The number of benzene rings is 3. The molecule has 9 heteroatoms. The van der Waals surface area contributed by atoms with Crippen molar-refractivity contribution in [2.75, 3.05) is 23.8 Å². The molecule has 0 aliphatic heterocycles. The molecule has 0 saturated heterocycles. The molecule has 0 aliphatic rings. The van der Waals surface area contributed by atoms with E-state index < -0.39 is 11.8 Å². The zero-order valence-corrected chi connectivity index (χ0v) is 20.3. The van der Waals surface area contributed by atoms with Gasteiger partial charge in [0.05, 0.1) is 18.5 Å². The zero-order valence-electron chi connectivity index (χ0n) is 20.3. The van der Waals surface area contributed by atoms with Crippen molar-refractivity contribution in [3.8, 4) is 11.5 Å². The molecule has 9 nitrogen and oxygen atoms in total. The highest BCUT2D eigenvalue weighted by atomic mass is 16.5. The molecule has 0 aliphatic carbocycles. The lowest BCUT2D eigenvalue weighted by atomic mass is 10.1. The first-order valence-corrected chi connectivity index (χ1v) is 11.3. The van der Waals surface area contributed by atoms with Crippen LogP contribution in [0.25, 0.3) is 0 Å². The second-order valence-corrected chi connectivity index (χ2v) is 7.78. The van der Waals surface area contributed by atoms with Gasteiger partial charge in [-0.15, -0.1) is 0 Å². The lowest BCUT2D eigenvalue weighted by molar-refractivity contribution is -0.136. The summed E-state index contributed by atoms with van der Waals surface area (Å²) in [5.41, 5.74) is 5.85. The van der Waals surface area contributed by atoms with Crippen molar-refractivity contribution in [2.45, 2.75) is 20.8 Å². The van der Waals surface area contributed by atoms with Crippen molar-refractivity contribution in [3.05, 3.63) is 83.4 Å². The number of nitrogens with one attached hydrogen (secondary N) is 3. The molecule has 0 saturated carbocycles. The molecule has 0 aromatic heterocycles. The second-order valence-electron chi connectivity index (χ2n) is 7.78. The average Bonchev–Trinajstić information content (AvgIpc) is 2.86. The number of carbonyl (C=O) groups is 3. The topological polar surface area (TPSA) is 118 Å². The molecule has 0 bridgehead atoms. The van der Waals surface area contributed by atoms with Gasteiger partial charge in [0, 0.05) is 11.3 Å². The predicted octanol–water partition coefficient (Wildman–Crippen LogP) is 3.81. The molecular formula is C27H28N4O5. The normalized spacial score (nSPS) is 10.5. The summed E-state index contributed by atoms with van der Waals surface area (Å²) in [6.45, 7) is 5.92. The van der Waals surface area contributed by atoms with E-state index in [2.05, 4.69) is 21.2 Å². The van der Waals surface area contributed by atoms with Gasteiger partial charge in [0.2, 0.25) is 0 Å². The van der Waals surface area contributed by atoms with Crippen LogP contribution in [0.15, 0.2) is 71.8 Å². The standard InChI is InChI=1S/C27H28N4O5/c1-4-35-24-12-8-6-10-22(24)30-26(33)27(34)31-28-16-20-9-5-7-11-23(20)36-17-25(32)29-21-14-13-18(2)15-19(21)3/h5-16H,4,17H2,1-3H3,(H,29,32)(H,30,33)(H,31,34)/b28-16-.